The Morgan fingerprint density at radius 3 is 2.50 bits per heavy atom. The molecule has 2 aromatic rings. The van der Waals surface area contributed by atoms with Crippen LogP contribution in [0.25, 0.3) is 6.08 Å². The Morgan fingerprint density at radius 1 is 1.08 bits per heavy atom. The van der Waals surface area contributed by atoms with Gasteiger partial charge in [-0.3, -0.25) is 4.79 Å². The Labute approximate surface area is 141 Å². The largest absolute Gasteiger partial charge is 0.497 e. The number of anilines is 2. The average molecular weight is 324 g/mol. The predicted molar refractivity (Wildman–Crippen MR) is 95.9 cm³/mol. The van der Waals surface area contributed by atoms with Gasteiger partial charge in [0.1, 0.15) is 11.5 Å². The van der Waals surface area contributed by atoms with E-state index >= 15 is 0 Å². The van der Waals surface area contributed by atoms with Crippen LogP contribution in [0.4, 0.5) is 11.4 Å². The molecule has 1 aliphatic heterocycles. The van der Waals surface area contributed by atoms with Gasteiger partial charge >= 0.3 is 0 Å². The van der Waals surface area contributed by atoms with E-state index in [1.54, 1.807) is 25.2 Å². The first kappa shape index (κ1) is 15.9. The van der Waals surface area contributed by atoms with E-state index in [0.717, 1.165) is 35.0 Å². The molecule has 0 saturated carbocycles. The van der Waals surface area contributed by atoms with E-state index in [-0.39, 0.29) is 5.91 Å². The molecule has 5 nitrogen and oxygen atoms in total. The normalized spacial score (nSPS) is 13.3. The van der Waals surface area contributed by atoms with Crippen LogP contribution in [0, 0.1) is 0 Å². The van der Waals surface area contributed by atoms with Gasteiger partial charge in [0.15, 0.2) is 0 Å². The van der Waals surface area contributed by atoms with Crippen LogP contribution in [-0.2, 0) is 4.79 Å². The van der Waals surface area contributed by atoms with Gasteiger partial charge < -0.3 is 19.7 Å². The van der Waals surface area contributed by atoms with Gasteiger partial charge in [-0.2, -0.15) is 0 Å². The lowest BCUT2D eigenvalue weighted by molar-refractivity contribution is -0.114. The molecule has 0 unspecified atom stereocenters. The third-order valence-corrected chi connectivity index (χ3v) is 3.95. The number of nitrogens with one attached hydrogen (secondary N) is 1. The molecule has 1 heterocycles. The fourth-order valence-corrected chi connectivity index (χ4v) is 2.64. The van der Waals surface area contributed by atoms with Crippen LogP contribution in [0.15, 0.2) is 48.5 Å². The van der Waals surface area contributed by atoms with Gasteiger partial charge in [-0.1, -0.05) is 12.1 Å². The summed E-state index contributed by atoms with van der Waals surface area (Å²) in [5.74, 6) is 1.47. The fraction of sp³-hybridized carbons (Fsp3) is 0.211. The average Bonchev–Trinajstić information content (AvgIpc) is 2.65. The number of carbonyl (C=O) groups excluding carboxylic acids is 1. The molecule has 0 spiro atoms. The molecule has 1 amide bonds. The molecule has 24 heavy (non-hydrogen) atoms. The van der Waals surface area contributed by atoms with Crippen molar-refractivity contribution in [1.29, 1.82) is 0 Å². The molecule has 1 N–H and O–H groups in total. The summed E-state index contributed by atoms with van der Waals surface area (Å²) in [5.41, 5.74) is 2.73. The summed E-state index contributed by atoms with van der Waals surface area (Å²) in [4.78, 5) is 14.4. The van der Waals surface area contributed by atoms with E-state index in [9.17, 15) is 4.79 Å². The van der Waals surface area contributed by atoms with Crippen LogP contribution in [-0.4, -0.2) is 33.2 Å². The van der Waals surface area contributed by atoms with Crippen molar-refractivity contribution in [3.63, 3.8) is 0 Å². The number of hydrogen-bond donors (Lipinski definition) is 1. The Morgan fingerprint density at radius 2 is 1.79 bits per heavy atom. The quantitative estimate of drug-likeness (QED) is 0.878. The van der Waals surface area contributed by atoms with E-state index < -0.39 is 0 Å². The maximum Gasteiger partial charge on any atom is 0.251 e. The summed E-state index contributed by atoms with van der Waals surface area (Å²) < 4.78 is 10.4. The summed E-state index contributed by atoms with van der Waals surface area (Å²) in [5, 5.41) is 3.30. The molecule has 5 heteroatoms. The van der Waals surface area contributed by atoms with Crippen LogP contribution >= 0.6 is 0 Å². The van der Waals surface area contributed by atoms with E-state index in [2.05, 4.69) is 5.32 Å². The second-order valence-electron chi connectivity index (χ2n) is 5.41. The monoisotopic (exact) mass is 324 g/mol. The van der Waals surface area contributed by atoms with Crippen LogP contribution < -0.4 is 19.7 Å². The molecule has 3 rings (SSSR count). The highest BCUT2D eigenvalue weighted by molar-refractivity contribution is 6.06. The first-order valence-electron chi connectivity index (χ1n) is 7.77. The zero-order chi connectivity index (χ0) is 16.9. The number of methoxy groups -OCH3 is 2. The zero-order valence-electron chi connectivity index (χ0n) is 13.8. The molecular formula is C19H20N2O3. The van der Waals surface area contributed by atoms with E-state index in [0.29, 0.717) is 6.54 Å². The highest BCUT2D eigenvalue weighted by atomic mass is 16.5. The third-order valence-electron chi connectivity index (χ3n) is 3.95. The highest BCUT2D eigenvalue weighted by Gasteiger charge is 2.21. The fourth-order valence-electron chi connectivity index (χ4n) is 2.64. The van der Waals surface area contributed by atoms with Gasteiger partial charge in [-0.25, -0.2) is 0 Å². The van der Waals surface area contributed by atoms with Crippen LogP contribution in [0.3, 0.4) is 0 Å². The van der Waals surface area contributed by atoms with E-state index in [4.69, 9.17) is 9.47 Å². The van der Waals surface area contributed by atoms with Crippen molar-refractivity contribution in [2.24, 2.45) is 0 Å². The molecule has 124 valence electrons. The molecule has 1 aliphatic rings. The molecule has 2 aromatic carbocycles. The lowest BCUT2D eigenvalue weighted by atomic mass is 10.1. The van der Waals surface area contributed by atoms with Crippen molar-refractivity contribution >= 4 is 23.4 Å². The number of benzene rings is 2. The SMILES string of the molecule is COc1ccc(C=CC(=O)N2CCNc3ccc(OC)cc32)cc1. The number of nitrogens with zero attached hydrogens (tertiary/aromatic N) is 1. The molecule has 0 fully saturated rings. The van der Waals surface area contributed by atoms with Gasteiger partial charge in [-0.05, 0) is 35.9 Å². The lowest BCUT2D eigenvalue weighted by Crippen LogP contribution is -2.37. The summed E-state index contributed by atoms with van der Waals surface area (Å²) >= 11 is 0. The van der Waals surface area contributed by atoms with Crippen molar-refractivity contribution in [3.8, 4) is 11.5 Å². The number of hydrogen-bond acceptors (Lipinski definition) is 4. The first-order valence-corrected chi connectivity index (χ1v) is 7.77. The van der Waals surface area contributed by atoms with Crippen LogP contribution in [0.5, 0.6) is 11.5 Å². The molecule has 0 atom stereocenters. The molecule has 0 aliphatic carbocycles. The highest BCUT2D eigenvalue weighted by Crippen LogP contribution is 2.33. The number of fused-ring (bicyclic) bond motifs is 1. The summed E-state index contributed by atoms with van der Waals surface area (Å²) in [6.45, 7) is 1.34. The molecule has 0 saturated heterocycles. The van der Waals surface area contributed by atoms with Crippen molar-refractivity contribution in [3.05, 3.63) is 54.1 Å². The number of rotatable bonds is 4. The topological polar surface area (TPSA) is 50.8 Å². The van der Waals surface area contributed by atoms with Gasteiger partial charge in [-0.15, -0.1) is 0 Å². The number of ether oxygens (including phenoxy) is 2. The van der Waals surface area contributed by atoms with E-state index in [1.807, 2.05) is 48.5 Å². The Bertz CT molecular complexity index is 754. The maximum atomic E-state index is 12.6. The summed E-state index contributed by atoms with van der Waals surface area (Å²) in [6.07, 6.45) is 3.40. The lowest BCUT2D eigenvalue weighted by Gasteiger charge is -2.29. The molecule has 0 radical (unpaired) electrons. The van der Waals surface area contributed by atoms with Gasteiger partial charge in [0.05, 0.1) is 25.6 Å². The molecule has 0 bridgehead atoms. The smallest absolute Gasteiger partial charge is 0.251 e. The Balaban J connectivity index is 1.79. The van der Waals surface area contributed by atoms with Crippen LogP contribution in [0.2, 0.25) is 0 Å². The van der Waals surface area contributed by atoms with E-state index in [1.165, 1.54) is 0 Å². The third kappa shape index (κ3) is 3.35. The minimum atomic E-state index is -0.0539. The second kappa shape index (κ2) is 7.08. The van der Waals surface area contributed by atoms with Crippen molar-refractivity contribution in [2.45, 2.75) is 0 Å². The van der Waals surface area contributed by atoms with Gasteiger partial charge in [0, 0.05) is 25.2 Å². The maximum absolute atomic E-state index is 12.6. The van der Waals surface area contributed by atoms with Gasteiger partial charge in [0.25, 0.3) is 5.91 Å². The minimum Gasteiger partial charge on any atom is -0.497 e. The number of amides is 1. The van der Waals surface area contributed by atoms with Crippen molar-refractivity contribution in [1.82, 2.24) is 0 Å². The summed E-state index contributed by atoms with van der Waals surface area (Å²) in [6, 6.07) is 13.3. The minimum absolute atomic E-state index is 0.0539. The Hall–Kier alpha value is -2.95. The standard InChI is InChI=1S/C19H20N2O3/c1-23-15-6-3-14(4-7-15)5-10-19(22)21-12-11-20-17-9-8-16(24-2)13-18(17)21/h3-10,13,20H,11-12H2,1-2H3. The van der Waals surface area contributed by atoms with Crippen LogP contribution in [0.1, 0.15) is 5.56 Å². The summed E-state index contributed by atoms with van der Waals surface area (Å²) in [7, 11) is 3.25. The van der Waals surface area contributed by atoms with Crippen molar-refractivity contribution in [2.75, 3.05) is 37.5 Å². The first-order chi connectivity index (χ1) is 11.7. The van der Waals surface area contributed by atoms with Crippen molar-refractivity contribution < 1.29 is 14.3 Å². The number of carbonyl (C=O) groups is 1. The zero-order valence-corrected chi connectivity index (χ0v) is 13.8. The predicted octanol–water partition coefficient (Wildman–Crippen LogP) is 3.18. The molecular weight excluding hydrogens is 304 g/mol. The Kier molecular flexibility index (Phi) is 4.70. The second-order valence-corrected chi connectivity index (χ2v) is 5.41. The van der Waals surface area contributed by atoms with Gasteiger partial charge in [0.2, 0.25) is 0 Å². The molecule has 0 aromatic heterocycles.